The van der Waals surface area contributed by atoms with Crippen LogP contribution < -0.4 is 10.9 Å². The first-order valence-corrected chi connectivity index (χ1v) is 8.92. The number of piperidine rings is 1. The first-order chi connectivity index (χ1) is 11.3. The number of hydrazine groups is 1. The number of carbonyl (C=O) groups is 2. The molecule has 24 heavy (non-hydrogen) atoms. The van der Waals surface area contributed by atoms with E-state index in [4.69, 9.17) is 34.8 Å². The second kappa shape index (κ2) is 8.28. The Labute approximate surface area is 156 Å². The summed E-state index contributed by atoms with van der Waals surface area (Å²) in [6.07, 6.45) is 1.27. The zero-order valence-electron chi connectivity index (χ0n) is 13.5. The quantitative estimate of drug-likeness (QED) is 0.762. The monoisotopic (exact) mass is 391 g/mol. The summed E-state index contributed by atoms with van der Waals surface area (Å²) >= 11 is 18.0. The highest BCUT2D eigenvalue weighted by molar-refractivity contribution is 6.41. The lowest BCUT2D eigenvalue weighted by Crippen LogP contribution is -2.45. The van der Waals surface area contributed by atoms with Crippen LogP contribution in [0.15, 0.2) is 12.1 Å². The van der Waals surface area contributed by atoms with E-state index >= 15 is 0 Å². The molecule has 1 aromatic rings. The molecule has 0 spiro atoms. The van der Waals surface area contributed by atoms with E-state index in [9.17, 15) is 9.59 Å². The van der Waals surface area contributed by atoms with E-state index in [1.54, 1.807) is 12.1 Å². The van der Waals surface area contributed by atoms with Crippen molar-refractivity contribution in [2.45, 2.75) is 26.7 Å². The van der Waals surface area contributed by atoms with E-state index in [-0.39, 0.29) is 23.7 Å². The number of benzene rings is 1. The summed E-state index contributed by atoms with van der Waals surface area (Å²) in [5.74, 6) is -0.190. The van der Waals surface area contributed by atoms with Crippen LogP contribution in [-0.2, 0) is 9.59 Å². The second-order valence-corrected chi connectivity index (χ2v) is 7.36. The molecule has 2 N–H and O–H groups in total. The summed E-state index contributed by atoms with van der Waals surface area (Å²) in [5.41, 5.74) is 5.79. The number of carbonyl (C=O) groups excluding carboxylic acids is 2. The Balaban J connectivity index is 1.88. The predicted molar refractivity (Wildman–Crippen MR) is 97.4 cm³/mol. The molecule has 1 fully saturated rings. The van der Waals surface area contributed by atoms with Gasteiger partial charge in [0, 0.05) is 29.9 Å². The Morgan fingerprint density at radius 3 is 2.17 bits per heavy atom. The Kier molecular flexibility index (Phi) is 6.61. The van der Waals surface area contributed by atoms with Crippen LogP contribution in [0.3, 0.4) is 0 Å². The van der Waals surface area contributed by atoms with Crippen LogP contribution in [0.5, 0.6) is 0 Å². The molecule has 0 aromatic heterocycles. The number of nitrogens with zero attached hydrogens (tertiary/aromatic N) is 1. The predicted octanol–water partition coefficient (Wildman–Crippen LogP) is 3.98. The number of hydrogen-bond donors (Lipinski definition) is 2. The Bertz CT molecular complexity index is 606. The summed E-state index contributed by atoms with van der Waals surface area (Å²) in [7, 11) is 0. The molecule has 0 bridgehead atoms. The van der Waals surface area contributed by atoms with Crippen molar-refractivity contribution < 1.29 is 9.59 Å². The van der Waals surface area contributed by atoms with E-state index < -0.39 is 0 Å². The number of likely N-dealkylation sites (tertiary alicyclic amines) is 1. The topological polar surface area (TPSA) is 61.4 Å². The zero-order valence-corrected chi connectivity index (χ0v) is 15.8. The van der Waals surface area contributed by atoms with Gasteiger partial charge in [0.2, 0.25) is 11.8 Å². The molecule has 0 atom stereocenters. The van der Waals surface area contributed by atoms with Gasteiger partial charge in [-0.3, -0.25) is 20.4 Å². The molecule has 0 unspecified atom stereocenters. The van der Waals surface area contributed by atoms with Gasteiger partial charge in [-0.1, -0.05) is 48.7 Å². The van der Waals surface area contributed by atoms with Gasteiger partial charge in [0.15, 0.2) is 0 Å². The van der Waals surface area contributed by atoms with Crippen molar-refractivity contribution in [3.63, 3.8) is 0 Å². The van der Waals surface area contributed by atoms with E-state index in [0.717, 1.165) is 0 Å². The van der Waals surface area contributed by atoms with Crippen molar-refractivity contribution in [2.24, 2.45) is 11.8 Å². The molecular formula is C16H20Cl3N3O2. The molecule has 1 aliphatic rings. The third-order valence-corrected chi connectivity index (χ3v) is 4.80. The summed E-state index contributed by atoms with van der Waals surface area (Å²) < 4.78 is 0. The van der Waals surface area contributed by atoms with E-state index in [1.165, 1.54) is 0 Å². The number of anilines is 1. The van der Waals surface area contributed by atoms with Crippen LogP contribution in [0.4, 0.5) is 5.69 Å². The lowest BCUT2D eigenvalue weighted by molar-refractivity contribution is -0.138. The first-order valence-electron chi connectivity index (χ1n) is 7.78. The lowest BCUT2D eigenvalue weighted by atomic mass is 9.95. The van der Waals surface area contributed by atoms with Crippen LogP contribution in [0, 0.1) is 11.8 Å². The smallest absolute Gasteiger partial charge is 0.241 e. The normalized spacial score (nSPS) is 15.5. The van der Waals surface area contributed by atoms with Gasteiger partial charge in [0.1, 0.15) is 0 Å². The third-order valence-electron chi connectivity index (χ3n) is 3.99. The largest absolute Gasteiger partial charge is 0.342 e. The van der Waals surface area contributed by atoms with Crippen molar-refractivity contribution in [2.75, 3.05) is 18.5 Å². The summed E-state index contributed by atoms with van der Waals surface area (Å²) in [4.78, 5) is 26.1. The zero-order chi connectivity index (χ0) is 17.9. The molecule has 5 nitrogen and oxygen atoms in total. The highest BCUT2D eigenvalue weighted by atomic mass is 35.5. The fourth-order valence-electron chi connectivity index (χ4n) is 2.61. The maximum Gasteiger partial charge on any atom is 0.241 e. The minimum atomic E-state index is -0.154. The van der Waals surface area contributed by atoms with Crippen LogP contribution in [0.2, 0.25) is 15.1 Å². The number of rotatable bonds is 4. The second-order valence-electron chi connectivity index (χ2n) is 6.11. The molecule has 8 heteroatoms. The fraction of sp³-hybridized carbons (Fsp3) is 0.500. The summed E-state index contributed by atoms with van der Waals surface area (Å²) in [6, 6.07) is 3.08. The standard InChI is InChI=1S/C16H20Cl3N3O2/c1-9(2)16(24)22-5-3-10(4-6-22)15(23)21-20-14-12(18)7-11(17)8-13(14)19/h7-10,20H,3-6H2,1-2H3,(H,21,23). The maximum atomic E-state index is 12.3. The molecular weight excluding hydrogens is 373 g/mol. The Morgan fingerprint density at radius 2 is 1.67 bits per heavy atom. The Hall–Kier alpha value is -1.17. The molecule has 1 aliphatic heterocycles. The molecule has 0 radical (unpaired) electrons. The van der Waals surface area contributed by atoms with Crippen molar-refractivity contribution in [3.8, 4) is 0 Å². The van der Waals surface area contributed by atoms with Gasteiger partial charge in [0.05, 0.1) is 15.7 Å². The summed E-state index contributed by atoms with van der Waals surface area (Å²) in [6.45, 7) is 4.95. The third kappa shape index (κ3) is 4.68. The molecule has 2 amide bonds. The number of amides is 2. The molecule has 1 aromatic carbocycles. The molecule has 1 heterocycles. The minimum Gasteiger partial charge on any atom is -0.342 e. The molecule has 132 valence electrons. The maximum absolute atomic E-state index is 12.3. The number of hydrogen-bond acceptors (Lipinski definition) is 3. The van der Waals surface area contributed by atoms with E-state index in [0.29, 0.717) is 46.7 Å². The lowest BCUT2D eigenvalue weighted by Gasteiger charge is -2.32. The number of nitrogens with one attached hydrogen (secondary N) is 2. The molecule has 2 rings (SSSR count). The first kappa shape index (κ1) is 19.2. The van der Waals surface area contributed by atoms with Crippen LogP contribution in [0.25, 0.3) is 0 Å². The Morgan fingerprint density at radius 1 is 1.12 bits per heavy atom. The van der Waals surface area contributed by atoms with Gasteiger partial charge in [-0.25, -0.2) is 0 Å². The highest BCUT2D eigenvalue weighted by Gasteiger charge is 2.28. The van der Waals surface area contributed by atoms with Crippen molar-refractivity contribution in [1.82, 2.24) is 10.3 Å². The van der Waals surface area contributed by atoms with Gasteiger partial charge in [-0.15, -0.1) is 0 Å². The van der Waals surface area contributed by atoms with Crippen LogP contribution in [0.1, 0.15) is 26.7 Å². The van der Waals surface area contributed by atoms with Crippen molar-refractivity contribution in [1.29, 1.82) is 0 Å². The SMILES string of the molecule is CC(C)C(=O)N1CCC(C(=O)NNc2c(Cl)cc(Cl)cc2Cl)CC1. The van der Waals surface area contributed by atoms with Gasteiger partial charge < -0.3 is 4.90 Å². The van der Waals surface area contributed by atoms with Crippen molar-refractivity contribution in [3.05, 3.63) is 27.2 Å². The summed E-state index contributed by atoms with van der Waals surface area (Å²) in [5, 5.41) is 1.07. The minimum absolute atomic E-state index is 0.0220. The van der Waals surface area contributed by atoms with Crippen LogP contribution >= 0.6 is 34.8 Å². The van der Waals surface area contributed by atoms with E-state index in [2.05, 4.69) is 10.9 Å². The van der Waals surface area contributed by atoms with Gasteiger partial charge in [-0.2, -0.15) is 0 Å². The van der Waals surface area contributed by atoms with Crippen LogP contribution in [-0.4, -0.2) is 29.8 Å². The average molecular weight is 393 g/mol. The average Bonchev–Trinajstić information content (AvgIpc) is 2.53. The van der Waals surface area contributed by atoms with Gasteiger partial charge >= 0.3 is 0 Å². The van der Waals surface area contributed by atoms with E-state index in [1.807, 2.05) is 18.7 Å². The van der Waals surface area contributed by atoms with Gasteiger partial charge in [-0.05, 0) is 25.0 Å². The fourth-order valence-corrected chi connectivity index (χ4v) is 3.53. The molecule has 0 aliphatic carbocycles. The molecule has 1 saturated heterocycles. The van der Waals surface area contributed by atoms with Gasteiger partial charge in [0.25, 0.3) is 0 Å². The number of halogens is 3. The highest BCUT2D eigenvalue weighted by Crippen LogP contribution is 2.33. The molecule has 0 saturated carbocycles. The van der Waals surface area contributed by atoms with Crippen molar-refractivity contribution >= 4 is 52.3 Å².